The first-order valence-corrected chi connectivity index (χ1v) is 27.4. The molecule has 0 aliphatic heterocycles. The molecule has 5 nitrogen and oxygen atoms in total. The molecule has 10 rings (SSSR count). The zero-order valence-corrected chi connectivity index (χ0v) is 50.8. The third-order valence-electron chi connectivity index (χ3n) is 14.7. The standard InChI is InChI=1S/3C15H17FN.C14H15FN.C13H13FN/c1-10-5-6-14(11(2)7-10)15-12(3)8-13(16)9-17(15)4;1-10-5-6-13(11(2)7-10)15-8-12(3)14(16)9-17(15)4;1-10-5-6-13(11(2)9-10)15-8-7-14(16)12(3)17(15)4;1-10-6-4-5-7-13(10)14-11(2)8-12(15)9-16(14)3;1-10-5-3-4-6-12(10)13-9-11(14)7-8-15(13)2/h3*5-9H,1-4H3;4-9H,1-3H3;3-9H,1-2H3/q5*+1. The van der Waals surface area contributed by atoms with Crippen LogP contribution in [0.2, 0.25) is 0 Å². The van der Waals surface area contributed by atoms with Crippen molar-refractivity contribution in [1.82, 2.24) is 0 Å². The lowest BCUT2D eigenvalue weighted by Crippen LogP contribution is -2.35. The molecule has 0 spiro atoms. The van der Waals surface area contributed by atoms with Crippen LogP contribution in [0, 0.1) is 112 Å². The highest BCUT2D eigenvalue weighted by Gasteiger charge is 2.21. The van der Waals surface area contributed by atoms with Gasteiger partial charge >= 0.3 is 0 Å². The van der Waals surface area contributed by atoms with E-state index in [-0.39, 0.29) is 29.1 Å². The van der Waals surface area contributed by atoms with E-state index in [1.165, 1.54) is 69.7 Å². The highest BCUT2D eigenvalue weighted by molar-refractivity contribution is 5.66. The van der Waals surface area contributed by atoms with Crippen molar-refractivity contribution in [3.8, 4) is 56.3 Å². The fraction of sp³-hybridized carbons (Fsp3) is 0.236. The number of benzene rings is 5. The Bertz CT molecular complexity index is 3820. The Balaban J connectivity index is 0.000000165. The quantitative estimate of drug-likeness (QED) is 0.121. The highest BCUT2D eigenvalue weighted by Crippen LogP contribution is 2.27. The predicted octanol–water partition coefficient (Wildman–Crippen LogP) is 15.3. The van der Waals surface area contributed by atoms with Crippen molar-refractivity contribution in [2.75, 3.05) is 0 Å². The Morgan fingerprint density at radius 1 is 0.280 bits per heavy atom. The van der Waals surface area contributed by atoms with Gasteiger partial charge in [-0.15, -0.1) is 0 Å². The molecule has 5 heterocycles. The van der Waals surface area contributed by atoms with Crippen LogP contribution in [-0.2, 0) is 35.2 Å². The van der Waals surface area contributed by atoms with E-state index in [1.807, 2.05) is 127 Å². The minimum Gasteiger partial charge on any atom is -0.207 e. The Labute approximate surface area is 483 Å². The molecule has 82 heavy (non-hydrogen) atoms. The van der Waals surface area contributed by atoms with Gasteiger partial charge in [0.2, 0.25) is 52.8 Å². The Hall–Kier alpha value is -8.50. The molecule has 0 radical (unpaired) electrons. The van der Waals surface area contributed by atoms with Gasteiger partial charge in [0, 0.05) is 70.1 Å². The third-order valence-corrected chi connectivity index (χ3v) is 14.7. The Morgan fingerprint density at radius 2 is 0.695 bits per heavy atom. The number of nitrogens with zero attached hydrogens (tertiary/aromatic N) is 5. The molecule has 0 saturated heterocycles. The molecule has 0 amide bonds. The number of aryl methyl sites for hydroxylation is 15. The molecule has 5 aromatic heterocycles. The van der Waals surface area contributed by atoms with Crippen molar-refractivity contribution < 1.29 is 44.8 Å². The van der Waals surface area contributed by atoms with E-state index in [0.29, 0.717) is 11.3 Å². The van der Waals surface area contributed by atoms with Crippen LogP contribution in [0.15, 0.2) is 170 Å². The summed E-state index contributed by atoms with van der Waals surface area (Å²) in [7, 11) is 9.44. The summed E-state index contributed by atoms with van der Waals surface area (Å²) >= 11 is 0. The van der Waals surface area contributed by atoms with Crippen molar-refractivity contribution in [2.45, 2.75) is 83.1 Å². The van der Waals surface area contributed by atoms with E-state index >= 15 is 0 Å². The van der Waals surface area contributed by atoms with Gasteiger partial charge in [-0.1, -0.05) is 89.5 Å². The number of hydrogen-bond acceptors (Lipinski definition) is 0. The molecule has 422 valence electrons. The lowest BCUT2D eigenvalue weighted by atomic mass is 9.99. The zero-order valence-electron chi connectivity index (χ0n) is 50.8. The monoisotopic (exact) mass is 1110 g/mol. The van der Waals surface area contributed by atoms with E-state index in [1.54, 1.807) is 38.2 Å². The first-order valence-electron chi connectivity index (χ1n) is 27.4. The van der Waals surface area contributed by atoms with Gasteiger partial charge in [-0.2, -0.15) is 18.3 Å². The molecule has 0 aliphatic rings. The number of rotatable bonds is 5. The largest absolute Gasteiger partial charge is 0.215 e. The van der Waals surface area contributed by atoms with Crippen LogP contribution < -0.4 is 22.8 Å². The topological polar surface area (TPSA) is 19.4 Å². The van der Waals surface area contributed by atoms with Gasteiger partial charge in [0.05, 0.1) is 0 Å². The molecule has 10 aromatic rings. The zero-order chi connectivity index (χ0) is 60.3. The molecule has 0 aliphatic carbocycles. The molecule has 0 saturated carbocycles. The van der Waals surface area contributed by atoms with Crippen LogP contribution in [-0.4, -0.2) is 0 Å². The van der Waals surface area contributed by atoms with Crippen LogP contribution in [0.1, 0.15) is 66.9 Å². The van der Waals surface area contributed by atoms with Crippen LogP contribution in [0.5, 0.6) is 0 Å². The second kappa shape index (κ2) is 27.8. The van der Waals surface area contributed by atoms with Crippen molar-refractivity contribution in [3.05, 3.63) is 266 Å². The number of pyridine rings is 5. The van der Waals surface area contributed by atoms with Gasteiger partial charge in [-0.05, 0) is 158 Å². The van der Waals surface area contributed by atoms with Gasteiger partial charge in [0.15, 0.2) is 29.5 Å². The molecular weight excluding hydrogens is 1030 g/mol. The summed E-state index contributed by atoms with van der Waals surface area (Å²) in [5, 5.41) is 0. The molecule has 0 fully saturated rings. The second-order valence-corrected chi connectivity index (χ2v) is 21.5. The van der Waals surface area contributed by atoms with Crippen LogP contribution in [0.25, 0.3) is 56.3 Å². The van der Waals surface area contributed by atoms with Crippen molar-refractivity contribution in [2.24, 2.45) is 35.2 Å². The summed E-state index contributed by atoms with van der Waals surface area (Å²) in [5.41, 5.74) is 23.8. The summed E-state index contributed by atoms with van der Waals surface area (Å²) < 4.78 is 75.8. The molecule has 10 heteroatoms. The van der Waals surface area contributed by atoms with Crippen molar-refractivity contribution in [3.63, 3.8) is 0 Å². The first-order chi connectivity index (χ1) is 38.7. The third kappa shape index (κ3) is 15.7. The highest BCUT2D eigenvalue weighted by atomic mass is 19.1. The van der Waals surface area contributed by atoms with Gasteiger partial charge in [0.25, 0.3) is 0 Å². The van der Waals surface area contributed by atoms with Crippen molar-refractivity contribution >= 4 is 0 Å². The van der Waals surface area contributed by atoms with E-state index in [2.05, 4.69) is 115 Å². The predicted molar refractivity (Wildman–Crippen MR) is 322 cm³/mol. The summed E-state index contributed by atoms with van der Waals surface area (Å²) in [6.07, 6.45) is 6.29. The first kappa shape index (κ1) is 62.7. The maximum atomic E-state index is 13.4. The van der Waals surface area contributed by atoms with Crippen LogP contribution >= 0.6 is 0 Å². The maximum Gasteiger partial charge on any atom is 0.215 e. The van der Waals surface area contributed by atoms with E-state index in [4.69, 9.17) is 0 Å². The summed E-state index contributed by atoms with van der Waals surface area (Å²) in [6.45, 7) is 24.0. The molecule has 0 N–H and O–H groups in total. The van der Waals surface area contributed by atoms with Gasteiger partial charge in [0.1, 0.15) is 41.1 Å². The normalized spacial score (nSPS) is 10.6. The van der Waals surface area contributed by atoms with Crippen LogP contribution in [0.3, 0.4) is 0 Å². The summed E-state index contributed by atoms with van der Waals surface area (Å²) in [4.78, 5) is 0. The minimum atomic E-state index is -0.202. The molecule has 5 aromatic carbocycles. The van der Waals surface area contributed by atoms with Gasteiger partial charge in [-0.3, -0.25) is 0 Å². The fourth-order valence-electron chi connectivity index (χ4n) is 10.3. The molecule has 0 bridgehead atoms. The van der Waals surface area contributed by atoms with Crippen LogP contribution in [0.4, 0.5) is 22.0 Å². The van der Waals surface area contributed by atoms with E-state index < -0.39 is 0 Å². The Morgan fingerprint density at radius 3 is 1.16 bits per heavy atom. The molecule has 0 atom stereocenters. The number of aromatic nitrogens is 5. The Kier molecular flexibility index (Phi) is 21.2. The number of hydrogen-bond donors (Lipinski definition) is 0. The molecule has 0 unspecified atom stereocenters. The average molecular weight is 1110 g/mol. The van der Waals surface area contributed by atoms with Crippen molar-refractivity contribution in [1.29, 1.82) is 0 Å². The summed E-state index contributed by atoms with van der Waals surface area (Å²) in [6, 6.07) is 46.6. The number of halogens is 5. The SMILES string of the molecule is Cc1ccc(-c2c(C)cc(F)c[n+]2C)c(C)c1.Cc1ccc(-c2cc(C)c(F)c[n+]2C)c(C)c1.Cc1ccc(-c2ccc(F)c(C)[n+]2C)c(C)c1.Cc1ccccc1-c1c(C)cc(F)c[n+]1C.Cc1ccccc1-c1cc(F)cc[n+]1C. The lowest BCUT2D eigenvalue weighted by molar-refractivity contribution is -0.668. The van der Waals surface area contributed by atoms with Gasteiger partial charge in [-0.25, -0.2) is 26.5 Å². The average Bonchev–Trinajstić information content (AvgIpc) is 3.49. The lowest BCUT2D eigenvalue weighted by Gasteiger charge is -2.08. The van der Waals surface area contributed by atoms with E-state index in [0.717, 1.165) is 73.0 Å². The summed E-state index contributed by atoms with van der Waals surface area (Å²) in [5.74, 6) is -0.927. The smallest absolute Gasteiger partial charge is 0.207 e. The maximum absolute atomic E-state index is 13.4. The second-order valence-electron chi connectivity index (χ2n) is 21.5. The minimum absolute atomic E-state index is 0.166. The van der Waals surface area contributed by atoms with E-state index in [9.17, 15) is 22.0 Å². The molecular formula is C72H79F5N5+5. The fourth-order valence-corrected chi connectivity index (χ4v) is 10.3. The van der Waals surface area contributed by atoms with Gasteiger partial charge < -0.3 is 0 Å².